The number of benzene rings is 3. The molecule has 0 unspecified atom stereocenters. The van der Waals surface area contributed by atoms with E-state index in [2.05, 4.69) is 20.9 Å². The zero-order chi connectivity index (χ0) is 25.1. The van der Waals surface area contributed by atoms with E-state index < -0.39 is 5.97 Å². The van der Waals surface area contributed by atoms with E-state index in [1.165, 1.54) is 12.1 Å². The molecule has 2 amide bonds. The monoisotopic (exact) mass is 498 g/mol. The van der Waals surface area contributed by atoms with E-state index >= 15 is 0 Å². The molecule has 5 aromatic rings. The van der Waals surface area contributed by atoms with Crippen LogP contribution in [-0.2, 0) is 0 Å². The topological polar surface area (TPSA) is 121 Å². The van der Waals surface area contributed by atoms with Crippen molar-refractivity contribution in [2.45, 2.75) is 0 Å². The minimum Gasteiger partial charge on any atom is -0.478 e. The van der Waals surface area contributed by atoms with Crippen LogP contribution in [0.3, 0.4) is 0 Å². The molecule has 0 saturated heterocycles. The lowest BCUT2D eigenvalue weighted by atomic mass is 10.1. The van der Waals surface area contributed by atoms with E-state index in [9.17, 15) is 9.59 Å². The maximum atomic E-state index is 12.4. The predicted octanol–water partition coefficient (Wildman–Crippen LogP) is 6.14. The maximum absolute atomic E-state index is 12.4. The Labute approximate surface area is 210 Å². The van der Waals surface area contributed by atoms with Crippen LogP contribution >= 0.6 is 11.6 Å². The first-order chi connectivity index (χ1) is 17.4. The summed E-state index contributed by atoms with van der Waals surface area (Å²) in [5, 5.41) is 18.5. The minimum absolute atomic E-state index is 0.192. The molecule has 5 rings (SSSR count). The van der Waals surface area contributed by atoms with Crippen LogP contribution in [0.25, 0.3) is 16.9 Å². The number of carbonyl (C=O) groups excluding carboxylic acids is 1. The van der Waals surface area contributed by atoms with Gasteiger partial charge in [-0.05, 0) is 60.7 Å². The highest BCUT2D eigenvalue weighted by Crippen LogP contribution is 2.26. The normalized spacial score (nSPS) is 10.7. The number of carboxylic acids is 1. The van der Waals surface area contributed by atoms with Gasteiger partial charge in [0.25, 0.3) is 0 Å². The highest BCUT2D eigenvalue weighted by Gasteiger charge is 2.12. The molecule has 3 aromatic carbocycles. The number of hydrogen-bond acceptors (Lipinski definition) is 5. The Bertz CT molecular complexity index is 1570. The van der Waals surface area contributed by atoms with Crippen LogP contribution < -0.4 is 16.0 Å². The third-order valence-electron chi connectivity index (χ3n) is 5.29. The largest absolute Gasteiger partial charge is 0.478 e. The highest BCUT2D eigenvalue weighted by atomic mass is 35.5. The molecule has 9 nitrogen and oxygen atoms in total. The van der Waals surface area contributed by atoms with Crippen molar-refractivity contribution in [1.29, 1.82) is 0 Å². The van der Waals surface area contributed by atoms with Crippen molar-refractivity contribution in [1.82, 2.24) is 14.4 Å². The zero-order valence-electron chi connectivity index (χ0n) is 18.6. The van der Waals surface area contributed by atoms with Gasteiger partial charge < -0.3 is 25.5 Å². The smallest absolute Gasteiger partial charge is 0.335 e. The Morgan fingerprint density at radius 3 is 2.36 bits per heavy atom. The lowest BCUT2D eigenvalue weighted by molar-refractivity contribution is 0.0697. The van der Waals surface area contributed by atoms with Gasteiger partial charge in [0.05, 0.1) is 11.3 Å². The predicted molar refractivity (Wildman–Crippen MR) is 139 cm³/mol. The van der Waals surface area contributed by atoms with Gasteiger partial charge in [-0.25, -0.2) is 19.6 Å². The summed E-state index contributed by atoms with van der Waals surface area (Å²) >= 11 is 5.89. The number of urea groups is 1. The summed E-state index contributed by atoms with van der Waals surface area (Å²) in [7, 11) is 0. The second-order valence-electron chi connectivity index (χ2n) is 7.81. The number of aromatic nitrogens is 3. The summed E-state index contributed by atoms with van der Waals surface area (Å²) in [6.45, 7) is 0. The Hall–Kier alpha value is -4.89. The van der Waals surface area contributed by atoms with Crippen LogP contribution in [0.15, 0.2) is 91.4 Å². The summed E-state index contributed by atoms with van der Waals surface area (Å²) in [5.74, 6) is -0.493. The summed E-state index contributed by atoms with van der Waals surface area (Å²) in [6, 6.07) is 20.1. The van der Waals surface area contributed by atoms with Crippen molar-refractivity contribution in [3.8, 4) is 11.3 Å². The SMILES string of the molecule is O=C(Nc1ccc(Cl)cc1)Nc1cccc(-c2cn3ccnc3c(Nc3ccc(C(=O)O)cc3)n2)c1. The van der Waals surface area contributed by atoms with Crippen molar-refractivity contribution in [3.05, 3.63) is 102 Å². The molecule has 36 heavy (non-hydrogen) atoms. The van der Waals surface area contributed by atoms with Crippen molar-refractivity contribution in [3.63, 3.8) is 0 Å². The zero-order valence-corrected chi connectivity index (χ0v) is 19.4. The molecule has 2 aromatic heterocycles. The van der Waals surface area contributed by atoms with Gasteiger partial charge in [-0.3, -0.25) is 0 Å². The van der Waals surface area contributed by atoms with Crippen LogP contribution in [0.1, 0.15) is 10.4 Å². The van der Waals surface area contributed by atoms with E-state index in [1.807, 2.05) is 28.8 Å². The molecule has 2 heterocycles. The third kappa shape index (κ3) is 5.11. The van der Waals surface area contributed by atoms with Crippen molar-refractivity contribution in [2.75, 3.05) is 16.0 Å². The molecule has 0 aliphatic carbocycles. The fraction of sp³-hybridized carbons (Fsp3) is 0. The molecular formula is C26H19ClN6O3. The van der Waals surface area contributed by atoms with Gasteiger partial charge in [0.1, 0.15) is 0 Å². The van der Waals surface area contributed by atoms with Gasteiger partial charge in [0.15, 0.2) is 11.5 Å². The molecule has 0 aliphatic heterocycles. The molecule has 0 aliphatic rings. The van der Waals surface area contributed by atoms with Crippen LogP contribution in [0.2, 0.25) is 5.02 Å². The van der Waals surface area contributed by atoms with E-state index in [0.29, 0.717) is 39.2 Å². The number of halogens is 1. The first-order valence-corrected chi connectivity index (χ1v) is 11.2. The van der Waals surface area contributed by atoms with Gasteiger partial charge in [-0.15, -0.1) is 0 Å². The van der Waals surface area contributed by atoms with Crippen molar-refractivity contribution >= 4 is 52.1 Å². The van der Waals surface area contributed by atoms with Gasteiger partial charge >= 0.3 is 12.0 Å². The second kappa shape index (κ2) is 9.77. The molecule has 0 atom stereocenters. The third-order valence-corrected chi connectivity index (χ3v) is 5.54. The number of rotatable bonds is 6. The highest BCUT2D eigenvalue weighted by molar-refractivity contribution is 6.30. The van der Waals surface area contributed by atoms with E-state index in [1.54, 1.807) is 54.9 Å². The molecule has 0 spiro atoms. The minimum atomic E-state index is -0.993. The molecule has 4 N–H and O–H groups in total. The summed E-state index contributed by atoms with van der Waals surface area (Å²) in [6.07, 6.45) is 5.31. The fourth-order valence-electron chi connectivity index (χ4n) is 3.57. The summed E-state index contributed by atoms with van der Waals surface area (Å²) in [5.41, 5.74) is 4.10. The van der Waals surface area contributed by atoms with Crippen molar-refractivity contribution in [2.24, 2.45) is 0 Å². The van der Waals surface area contributed by atoms with Crippen LogP contribution in [0, 0.1) is 0 Å². The Kier molecular flexibility index (Phi) is 6.21. The average molecular weight is 499 g/mol. The molecule has 10 heteroatoms. The van der Waals surface area contributed by atoms with Gasteiger partial charge in [0, 0.05) is 46.2 Å². The first-order valence-electron chi connectivity index (χ1n) is 10.8. The molecule has 0 radical (unpaired) electrons. The quantitative estimate of drug-likeness (QED) is 0.223. The average Bonchev–Trinajstić information content (AvgIpc) is 3.35. The first kappa shape index (κ1) is 22.9. The Morgan fingerprint density at radius 2 is 1.61 bits per heavy atom. The number of aromatic carboxylic acids is 1. The number of carboxylic acid groups (broad SMARTS) is 1. The van der Waals surface area contributed by atoms with E-state index in [4.69, 9.17) is 21.7 Å². The Morgan fingerprint density at radius 1 is 0.889 bits per heavy atom. The summed E-state index contributed by atoms with van der Waals surface area (Å²) in [4.78, 5) is 32.7. The van der Waals surface area contributed by atoms with Gasteiger partial charge in [-0.1, -0.05) is 23.7 Å². The molecular weight excluding hydrogens is 480 g/mol. The molecule has 178 valence electrons. The van der Waals surface area contributed by atoms with Gasteiger partial charge in [-0.2, -0.15) is 0 Å². The lowest BCUT2D eigenvalue weighted by Gasteiger charge is -2.12. The molecule has 0 saturated carbocycles. The summed E-state index contributed by atoms with van der Waals surface area (Å²) < 4.78 is 1.84. The van der Waals surface area contributed by atoms with Gasteiger partial charge in [0.2, 0.25) is 0 Å². The maximum Gasteiger partial charge on any atom is 0.335 e. The lowest BCUT2D eigenvalue weighted by Crippen LogP contribution is -2.19. The number of anilines is 4. The number of carbonyl (C=O) groups is 2. The van der Waals surface area contributed by atoms with Crippen LogP contribution in [0.5, 0.6) is 0 Å². The van der Waals surface area contributed by atoms with Crippen LogP contribution in [-0.4, -0.2) is 31.5 Å². The van der Waals surface area contributed by atoms with E-state index in [0.717, 1.165) is 5.56 Å². The van der Waals surface area contributed by atoms with Crippen molar-refractivity contribution < 1.29 is 14.7 Å². The number of nitrogens with zero attached hydrogens (tertiary/aromatic N) is 3. The number of nitrogens with one attached hydrogen (secondary N) is 3. The fourth-order valence-corrected chi connectivity index (χ4v) is 3.70. The second-order valence-corrected chi connectivity index (χ2v) is 8.24. The number of hydrogen-bond donors (Lipinski definition) is 4. The number of fused-ring (bicyclic) bond motifs is 1. The van der Waals surface area contributed by atoms with E-state index in [-0.39, 0.29) is 11.6 Å². The van der Waals surface area contributed by atoms with Crippen LogP contribution in [0.4, 0.5) is 27.7 Å². The molecule has 0 bridgehead atoms. The Balaban J connectivity index is 1.39. The number of imidazole rings is 1. The molecule has 0 fully saturated rings. The number of amides is 2. The standard InChI is InChI=1S/C26H19ClN6O3/c27-18-6-10-20(11-7-18)30-26(36)31-21-3-1-2-17(14-21)22-15-33-13-12-28-24(33)23(32-22)29-19-8-4-16(5-9-19)25(34)35/h1-15H,(H,29,32)(H,34,35)(H2,30,31,36).